The Bertz CT molecular complexity index is 776. The van der Waals surface area contributed by atoms with Crippen LogP contribution in [0.4, 0.5) is 5.69 Å². The fraction of sp³-hybridized carbons (Fsp3) is 0.381. The maximum atomic E-state index is 12.7. The van der Waals surface area contributed by atoms with E-state index in [1.165, 1.54) is 0 Å². The number of anilines is 1. The number of nitrogens with one attached hydrogen (secondary N) is 1. The van der Waals surface area contributed by atoms with Crippen molar-refractivity contribution < 1.29 is 19.0 Å². The topological polar surface area (TPSA) is 60.0 Å². The largest absolute Gasteiger partial charge is 0.496 e. The highest BCUT2D eigenvalue weighted by Gasteiger charge is 2.15. The molecule has 1 fully saturated rings. The Labute approximate surface area is 160 Å². The van der Waals surface area contributed by atoms with Crippen molar-refractivity contribution in [2.75, 3.05) is 45.8 Å². The van der Waals surface area contributed by atoms with E-state index in [1.807, 2.05) is 25.1 Å². The van der Waals surface area contributed by atoms with Gasteiger partial charge >= 0.3 is 0 Å². The molecule has 1 N–H and O–H groups in total. The monoisotopic (exact) mass is 370 g/mol. The lowest BCUT2D eigenvalue weighted by Crippen LogP contribution is -2.35. The van der Waals surface area contributed by atoms with Gasteiger partial charge in [0.1, 0.15) is 11.5 Å². The Hall–Kier alpha value is -2.57. The Morgan fingerprint density at radius 1 is 1.11 bits per heavy atom. The molecule has 0 unspecified atom stereocenters. The quantitative estimate of drug-likeness (QED) is 0.847. The summed E-state index contributed by atoms with van der Waals surface area (Å²) >= 11 is 0. The molecule has 0 aromatic heterocycles. The molecule has 0 saturated carbocycles. The van der Waals surface area contributed by atoms with Crippen molar-refractivity contribution in [3.05, 3.63) is 53.1 Å². The van der Waals surface area contributed by atoms with Crippen LogP contribution in [-0.4, -0.2) is 51.3 Å². The smallest absolute Gasteiger partial charge is 0.255 e. The lowest BCUT2D eigenvalue weighted by Gasteiger charge is -2.26. The first kappa shape index (κ1) is 19.2. The van der Waals surface area contributed by atoms with E-state index in [2.05, 4.69) is 16.3 Å². The number of carbonyl (C=O) groups is 1. The number of carbonyl (C=O) groups excluding carboxylic acids is 1. The van der Waals surface area contributed by atoms with Crippen LogP contribution < -0.4 is 14.8 Å². The van der Waals surface area contributed by atoms with E-state index in [0.717, 1.165) is 49.7 Å². The Morgan fingerprint density at radius 2 is 1.78 bits per heavy atom. The van der Waals surface area contributed by atoms with Gasteiger partial charge in [0, 0.05) is 36.4 Å². The molecule has 0 atom stereocenters. The third-order valence-electron chi connectivity index (χ3n) is 4.71. The molecule has 0 bridgehead atoms. The second-order valence-corrected chi connectivity index (χ2v) is 6.55. The molecule has 3 rings (SSSR count). The van der Waals surface area contributed by atoms with E-state index in [9.17, 15) is 4.79 Å². The zero-order valence-electron chi connectivity index (χ0n) is 16.1. The zero-order valence-corrected chi connectivity index (χ0v) is 16.1. The summed E-state index contributed by atoms with van der Waals surface area (Å²) in [4.78, 5) is 15.1. The minimum Gasteiger partial charge on any atom is -0.496 e. The predicted molar refractivity (Wildman–Crippen MR) is 105 cm³/mol. The molecule has 144 valence electrons. The second kappa shape index (κ2) is 8.88. The first-order valence-electron chi connectivity index (χ1n) is 9.03. The fourth-order valence-electron chi connectivity index (χ4n) is 3.19. The first-order valence-corrected chi connectivity index (χ1v) is 9.03. The van der Waals surface area contributed by atoms with Gasteiger partial charge in [-0.15, -0.1) is 0 Å². The highest BCUT2D eigenvalue weighted by Crippen LogP contribution is 2.29. The van der Waals surface area contributed by atoms with Gasteiger partial charge in [-0.3, -0.25) is 9.69 Å². The molecule has 1 amide bonds. The summed E-state index contributed by atoms with van der Waals surface area (Å²) in [5, 5.41) is 2.96. The van der Waals surface area contributed by atoms with Crippen LogP contribution in [0.2, 0.25) is 0 Å². The van der Waals surface area contributed by atoms with Gasteiger partial charge in [0.25, 0.3) is 5.91 Å². The van der Waals surface area contributed by atoms with Gasteiger partial charge in [-0.2, -0.15) is 0 Å². The molecule has 1 aliphatic rings. The number of benzene rings is 2. The molecule has 1 saturated heterocycles. The molecule has 0 spiro atoms. The van der Waals surface area contributed by atoms with Crippen LogP contribution in [0.1, 0.15) is 21.5 Å². The normalized spacial score (nSPS) is 14.6. The van der Waals surface area contributed by atoms with Gasteiger partial charge in [-0.05, 0) is 36.8 Å². The Kier molecular flexibility index (Phi) is 6.32. The summed E-state index contributed by atoms with van der Waals surface area (Å²) in [6.45, 7) is 6.15. The molecule has 1 heterocycles. The molecule has 2 aromatic rings. The van der Waals surface area contributed by atoms with E-state index < -0.39 is 0 Å². The van der Waals surface area contributed by atoms with Gasteiger partial charge in [0.2, 0.25) is 0 Å². The number of methoxy groups -OCH3 is 2. The van der Waals surface area contributed by atoms with E-state index in [1.54, 1.807) is 26.4 Å². The number of nitrogens with zero attached hydrogens (tertiary/aromatic N) is 1. The van der Waals surface area contributed by atoms with Crippen molar-refractivity contribution >= 4 is 11.6 Å². The van der Waals surface area contributed by atoms with E-state index in [4.69, 9.17) is 14.2 Å². The average molecular weight is 370 g/mol. The van der Waals surface area contributed by atoms with Crippen molar-refractivity contribution in [1.29, 1.82) is 0 Å². The summed E-state index contributed by atoms with van der Waals surface area (Å²) in [5.41, 5.74) is 3.29. The standard InChI is InChI=1S/C21H26N2O4/c1-15-19(25-2)12-17(13-20(15)26-3)21(24)22-18-6-4-5-16(11-18)14-23-7-9-27-10-8-23/h4-6,11-13H,7-10,14H2,1-3H3,(H,22,24). The SMILES string of the molecule is COc1cc(C(=O)Nc2cccc(CN3CCOCC3)c2)cc(OC)c1C. The number of hydrogen-bond acceptors (Lipinski definition) is 5. The average Bonchev–Trinajstić information content (AvgIpc) is 2.69. The van der Waals surface area contributed by atoms with Gasteiger partial charge in [0.05, 0.1) is 27.4 Å². The first-order chi connectivity index (χ1) is 13.1. The number of morpholine rings is 1. The maximum absolute atomic E-state index is 12.7. The summed E-state index contributed by atoms with van der Waals surface area (Å²) in [6, 6.07) is 11.4. The minimum absolute atomic E-state index is 0.199. The molecule has 0 radical (unpaired) electrons. The Balaban J connectivity index is 1.73. The van der Waals surface area contributed by atoms with Crippen LogP contribution in [-0.2, 0) is 11.3 Å². The van der Waals surface area contributed by atoms with Crippen molar-refractivity contribution in [3.8, 4) is 11.5 Å². The minimum atomic E-state index is -0.199. The number of hydrogen-bond donors (Lipinski definition) is 1. The number of ether oxygens (including phenoxy) is 3. The molecular formula is C21H26N2O4. The molecule has 6 heteroatoms. The highest BCUT2D eigenvalue weighted by atomic mass is 16.5. The summed E-state index contributed by atoms with van der Waals surface area (Å²) in [6.07, 6.45) is 0. The molecule has 1 aliphatic heterocycles. The number of rotatable bonds is 6. The second-order valence-electron chi connectivity index (χ2n) is 6.55. The van der Waals surface area contributed by atoms with Crippen LogP contribution in [0.5, 0.6) is 11.5 Å². The van der Waals surface area contributed by atoms with Crippen molar-refractivity contribution in [2.24, 2.45) is 0 Å². The summed E-state index contributed by atoms with van der Waals surface area (Å²) in [5.74, 6) is 1.05. The van der Waals surface area contributed by atoms with Gasteiger partial charge in [0.15, 0.2) is 0 Å². The van der Waals surface area contributed by atoms with Gasteiger partial charge < -0.3 is 19.5 Å². The predicted octanol–water partition coefficient (Wildman–Crippen LogP) is 3.10. The highest BCUT2D eigenvalue weighted by molar-refractivity contribution is 6.05. The van der Waals surface area contributed by atoms with Gasteiger partial charge in [-0.1, -0.05) is 12.1 Å². The van der Waals surface area contributed by atoms with Crippen molar-refractivity contribution in [1.82, 2.24) is 4.90 Å². The third-order valence-corrected chi connectivity index (χ3v) is 4.71. The lowest BCUT2D eigenvalue weighted by atomic mass is 10.1. The van der Waals surface area contributed by atoms with Gasteiger partial charge in [-0.25, -0.2) is 0 Å². The van der Waals surface area contributed by atoms with Crippen molar-refractivity contribution in [2.45, 2.75) is 13.5 Å². The summed E-state index contributed by atoms with van der Waals surface area (Å²) in [7, 11) is 3.16. The Morgan fingerprint density at radius 3 is 2.41 bits per heavy atom. The van der Waals surface area contributed by atoms with E-state index in [-0.39, 0.29) is 5.91 Å². The summed E-state index contributed by atoms with van der Waals surface area (Å²) < 4.78 is 16.1. The van der Waals surface area contributed by atoms with Crippen LogP contribution in [0.15, 0.2) is 36.4 Å². The zero-order chi connectivity index (χ0) is 19.2. The molecule has 0 aliphatic carbocycles. The van der Waals surface area contributed by atoms with Crippen LogP contribution >= 0.6 is 0 Å². The van der Waals surface area contributed by atoms with Crippen LogP contribution in [0.3, 0.4) is 0 Å². The lowest BCUT2D eigenvalue weighted by molar-refractivity contribution is 0.0342. The molecule has 2 aromatic carbocycles. The fourth-order valence-corrected chi connectivity index (χ4v) is 3.19. The maximum Gasteiger partial charge on any atom is 0.255 e. The van der Waals surface area contributed by atoms with Crippen LogP contribution in [0.25, 0.3) is 0 Å². The van der Waals surface area contributed by atoms with E-state index in [0.29, 0.717) is 17.1 Å². The molecular weight excluding hydrogens is 344 g/mol. The van der Waals surface area contributed by atoms with E-state index >= 15 is 0 Å². The third kappa shape index (κ3) is 4.78. The van der Waals surface area contributed by atoms with Crippen LogP contribution in [0, 0.1) is 6.92 Å². The van der Waals surface area contributed by atoms with Crippen molar-refractivity contribution in [3.63, 3.8) is 0 Å². The molecule has 6 nitrogen and oxygen atoms in total. The molecule has 27 heavy (non-hydrogen) atoms. The number of amides is 1.